The fourth-order valence-electron chi connectivity index (χ4n) is 3.22. The molecule has 0 radical (unpaired) electrons. The van der Waals surface area contributed by atoms with Crippen molar-refractivity contribution in [3.8, 4) is 11.1 Å². The van der Waals surface area contributed by atoms with Gasteiger partial charge in [0.2, 0.25) is 0 Å². The molecular weight excluding hydrogens is 328 g/mol. The summed E-state index contributed by atoms with van der Waals surface area (Å²) in [5, 5.41) is 0.754. The number of rotatable bonds is 4. The summed E-state index contributed by atoms with van der Waals surface area (Å²) in [6.07, 6.45) is 5.63. The maximum Gasteiger partial charge on any atom is 0.0954 e. The standard InChI is InChI=1S/C22H17ClN2/c23-21-13-7-6-12-20(21)22(25-15-14-24-16-25)19-11-5-4-10-18(19)17-8-2-1-3-9-17/h1-16,22H. The van der Waals surface area contributed by atoms with Gasteiger partial charge in [0.1, 0.15) is 0 Å². The molecule has 25 heavy (non-hydrogen) atoms. The number of hydrogen-bond acceptors (Lipinski definition) is 1. The average Bonchev–Trinajstić information content (AvgIpc) is 3.19. The van der Waals surface area contributed by atoms with Crippen molar-refractivity contribution in [2.24, 2.45) is 0 Å². The molecule has 3 aromatic carbocycles. The van der Waals surface area contributed by atoms with E-state index in [0.29, 0.717) is 0 Å². The largest absolute Gasteiger partial charge is 0.326 e. The molecule has 0 amide bonds. The number of hydrogen-bond donors (Lipinski definition) is 0. The molecule has 0 bridgehead atoms. The second kappa shape index (κ2) is 6.96. The van der Waals surface area contributed by atoms with Crippen molar-refractivity contribution in [3.63, 3.8) is 0 Å². The summed E-state index contributed by atoms with van der Waals surface area (Å²) >= 11 is 6.55. The fourth-order valence-corrected chi connectivity index (χ4v) is 3.46. The second-order valence-electron chi connectivity index (χ2n) is 5.89. The Hall–Kier alpha value is -2.84. The van der Waals surface area contributed by atoms with Crippen LogP contribution < -0.4 is 0 Å². The normalized spacial score (nSPS) is 12.0. The van der Waals surface area contributed by atoms with Crippen LogP contribution in [0.15, 0.2) is 97.6 Å². The fraction of sp³-hybridized carbons (Fsp3) is 0.0455. The van der Waals surface area contributed by atoms with Crippen LogP contribution in [-0.4, -0.2) is 9.55 Å². The van der Waals surface area contributed by atoms with Crippen LogP contribution >= 0.6 is 11.6 Å². The molecule has 4 aromatic rings. The Kier molecular flexibility index (Phi) is 4.36. The van der Waals surface area contributed by atoms with E-state index in [4.69, 9.17) is 11.6 Å². The second-order valence-corrected chi connectivity index (χ2v) is 6.29. The first kappa shape index (κ1) is 15.7. The van der Waals surface area contributed by atoms with Crippen LogP contribution in [0.1, 0.15) is 17.2 Å². The van der Waals surface area contributed by atoms with Crippen LogP contribution in [0.25, 0.3) is 11.1 Å². The monoisotopic (exact) mass is 344 g/mol. The van der Waals surface area contributed by atoms with Gasteiger partial charge in [0.25, 0.3) is 0 Å². The summed E-state index contributed by atoms with van der Waals surface area (Å²) in [6.45, 7) is 0. The van der Waals surface area contributed by atoms with Crippen molar-refractivity contribution >= 4 is 11.6 Å². The quantitative estimate of drug-likeness (QED) is 0.454. The third kappa shape index (κ3) is 3.09. The van der Waals surface area contributed by atoms with Crippen molar-refractivity contribution in [1.29, 1.82) is 0 Å². The van der Waals surface area contributed by atoms with E-state index in [1.807, 2.05) is 36.8 Å². The lowest BCUT2D eigenvalue weighted by atomic mass is 9.91. The van der Waals surface area contributed by atoms with Gasteiger partial charge in [0, 0.05) is 17.4 Å². The summed E-state index contributed by atoms with van der Waals surface area (Å²) in [6, 6.07) is 26.9. The van der Waals surface area contributed by atoms with Gasteiger partial charge >= 0.3 is 0 Å². The maximum absolute atomic E-state index is 6.55. The summed E-state index contributed by atoms with van der Waals surface area (Å²) in [5.41, 5.74) is 4.64. The van der Waals surface area contributed by atoms with Crippen LogP contribution in [0.3, 0.4) is 0 Å². The number of halogens is 1. The van der Waals surface area contributed by atoms with Crippen LogP contribution in [0.5, 0.6) is 0 Å². The highest BCUT2D eigenvalue weighted by molar-refractivity contribution is 6.31. The van der Waals surface area contributed by atoms with Crippen molar-refractivity contribution in [1.82, 2.24) is 9.55 Å². The van der Waals surface area contributed by atoms with Gasteiger partial charge in [-0.25, -0.2) is 4.98 Å². The van der Waals surface area contributed by atoms with Gasteiger partial charge in [0.15, 0.2) is 0 Å². The molecule has 0 saturated carbocycles. The molecule has 2 nitrogen and oxygen atoms in total. The summed E-state index contributed by atoms with van der Waals surface area (Å²) in [7, 11) is 0. The highest BCUT2D eigenvalue weighted by Crippen LogP contribution is 2.37. The van der Waals surface area contributed by atoms with E-state index in [2.05, 4.69) is 64.1 Å². The summed E-state index contributed by atoms with van der Waals surface area (Å²) in [4.78, 5) is 4.25. The molecular formula is C22H17ClN2. The van der Waals surface area contributed by atoms with Gasteiger partial charge in [-0.05, 0) is 28.3 Å². The topological polar surface area (TPSA) is 17.8 Å². The molecule has 1 aromatic heterocycles. The Morgan fingerprint density at radius 1 is 0.760 bits per heavy atom. The molecule has 0 aliphatic rings. The maximum atomic E-state index is 6.55. The Morgan fingerprint density at radius 2 is 1.44 bits per heavy atom. The van der Waals surface area contributed by atoms with Gasteiger partial charge < -0.3 is 4.57 Å². The molecule has 1 heterocycles. The molecule has 0 saturated heterocycles. The predicted octanol–water partition coefficient (Wildman–Crippen LogP) is 5.84. The smallest absolute Gasteiger partial charge is 0.0954 e. The highest BCUT2D eigenvalue weighted by Gasteiger charge is 2.21. The van der Waals surface area contributed by atoms with Gasteiger partial charge in [0.05, 0.1) is 12.4 Å². The molecule has 0 N–H and O–H groups in total. The van der Waals surface area contributed by atoms with Crippen molar-refractivity contribution in [2.45, 2.75) is 6.04 Å². The molecule has 122 valence electrons. The minimum atomic E-state index is -0.0346. The minimum absolute atomic E-state index is 0.0346. The number of aromatic nitrogens is 2. The number of benzene rings is 3. The molecule has 3 heteroatoms. The Balaban J connectivity index is 1.95. The number of nitrogens with zero attached hydrogens (tertiary/aromatic N) is 2. The zero-order valence-electron chi connectivity index (χ0n) is 13.6. The Labute approximate surface area is 152 Å². The van der Waals surface area contributed by atoms with Gasteiger partial charge in [-0.15, -0.1) is 0 Å². The van der Waals surface area contributed by atoms with E-state index in [1.165, 1.54) is 16.7 Å². The Morgan fingerprint density at radius 3 is 2.16 bits per heavy atom. The first-order valence-corrected chi connectivity index (χ1v) is 8.58. The van der Waals surface area contributed by atoms with Crippen LogP contribution in [0.4, 0.5) is 0 Å². The van der Waals surface area contributed by atoms with E-state index in [9.17, 15) is 0 Å². The molecule has 0 spiro atoms. The lowest BCUT2D eigenvalue weighted by Gasteiger charge is -2.23. The zero-order chi connectivity index (χ0) is 17.1. The van der Waals surface area contributed by atoms with Gasteiger partial charge in [-0.3, -0.25) is 0 Å². The van der Waals surface area contributed by atoms with E-state index in [1.54, 1.807) is 6.20 Å². The van der Waals surface area contributed by atoms with Gasteiger partial charge in [-0.2, -0.15) is 0 Å². The molecule has 0 aliphatic heterocycles. The van der Waals surface area contributed by atoms with Gasteiger partial charge in [-0.1, -0.05) is 84.4 Å². The zero-order valence-corrected chi connectivity index (χ0v) is 14.3. The van der Waals surface area contributed by atoms with Crippen molar-refractivity contribution in [3.05, 3.63) is 114 Å². The first-order valence-electron chi connectivity index (χ1n) is 8.21. The third-order valence-electron chi connectivity index (χ3n) is 4.36. The first-order chi connectivity index (χ1) is 12.3. The molecule has 0 aliphatic carbocycles. The molecule has 1 atom stereocenters. The highest BCUT2D eigenvalue weighted by atomic mass is 35.5. The summed E-state index contributed by atoms with van der Waals surface area (Å²) < 4.78 is 2.10. The average molecular weight is 345 g/mol. The van der Waals surface area contributed by atoms with Crippen LogP contribution in [0.2, 0.25) is 5.02 Å². The molecule has 0 fully saturated rings. The SMILES string of the molecule is Clc1ccccc1C(c1ccccc1-c1ccccc1)n1ccnc1. The lowest BCUT2D eigenvalue weighted by molar-refractivity contribution is 0.678. The third-order valence-corrected chi connectivity index (χ3v) is 4.71. The lowest BCUT2D eigenvalue weighted by Crippen LogP contribution is -2.12. The van der Waals surface area contributed by atoms with Crippen molar-refractivity contribution < 1.29 is 0 Å². The number of imidazole rings is 1. The molecule has 4 rings (SSSR count). The van der Waals surface area contributed by atoms with Crippen LogP contribution in [0, 0.1) is 0 Å². The predicted molar refractivity (Wildman–Crippen MR) is 103 cm³/mol. The van der Waals surface area contributed by atoms with E-state index >= 15 is 0 Å². The minimum Gasteiger partial charge on any atom is -0.326 e. The van der Waals surface area contributed by atoms with Crippen LogP contribution in [-0.2, 0) is 0 Å². The van der Waals surface area contributed by atoms with E-state index in [0.717, 1.165) is 10.6 Å². The van der Waals surface area contributed by atoms with E-state index < -0.39 is 0 Å². The Bertz CT molecular complexity index is 962. The molecule has 1 unspecified atom stereocenters. The van der Waals surface area contributed by atoms with E-state index in [-0.39, 0.29) is 6.04 Å². The summed E-state index contributed by atoms with van der Waals surface area (Å²) in [5.74, 6) is 0. The van der Waals surface area contributed by atoms with Crippen molar-refractivity contribution in [2.75, 3.05) is 0 Å².